The van der Waals surface area contributed by atoms with Crippen molar-refractivity contribution >= 4 is 39.2 Å². The van der Waals surface area contributed by atoms with Gasteiger partial charge in [0.15, 0.2) is 0 Å². The smallest absolute Gasteiger partial charge is 0.261 e. The Hall–Kier alpha value is -2.79. The lowest BCUT2D eigenvalue weighted by Crippen LogP contribution is -2.29. The third-order valence-electron chi connectivity index (χ3n) is 6.33. The van der Waals surface area contributed by atoms with E-state index in [0.29, 0.717) is 22.3 Å². The topological polar surface area (TPSA) is 73.6 Å². The van der Waals surface area contributed by atoms with Crippen LogP contribution in [0.3, 0.4) is 0 Å². The van der Waals surface area contributed by atoms with Gasteiger partial charge in [0.2, 0.25) is 0 Å². The van der Waals surface area contributed by atoms with Gasteiger partial charge in [-0.3, -0.25) is 4.79 Å². The molecule has 5 nitrogen and oxygen atoms in total. The van der Waals surface area contributed by atoms with Crippen molar-refractivity contribution in [3.63, 3.8) is 0 Å². The van der Waals surface area contributed by atoms with Gasteiger partial charge in [0.25, 0.3) is 5.56 Å². The van der Waals surface area contributed by atoms with Crippen LogP contribution in [-0.4, -0.2) is 21.0 Å². The Morgan fingerprint density at radius 2 is 1.87 bits per heavy atom. The first-order valence-electron chi connectivity index (χ1n) is 10.7. The van der Waals surface area contributed by atoms with Crippen molar-refractivity contribution in [2.75, 3.05) is 5.32 Å². The van der Waals surface area contributed by atoms with E-state index in [9.17, 15) is 4.79 Å². The third-order valence-corrected chi connectivity index (χ3v) is 6.57. The fraction of sp³-hybridized carbons (Fsp3) is 0.333. The summed E-state index contributed by atoms with van der Waals surface area (Å²) in [6, 6.07) is 13.6. The Bertz CT molecular complexity index is 1240. The number of nitrogens with zero attached hydrogens (tertiary/aromatic N) is 1. The third kappa shape index (κ3) is 3.47. The molecule has 0 amide bonds. The van der Waals surface area contributed by atoms with E-state index < -0.39 is 0 Å². The minimum absolute atomic E-state index is 0.165. The average molecular weight is 421 g/mol. The van der Waals surface area contributed by atoms with E-state index in [2.05, 4.69) is 22.2 Å². The number of benzene rings is 2. The van der Waals surface area contributed by atoms with Crippen molar-refractivity contribution in [3.8, 4) is 11.4 Å². The highest BCUT2D eigenvalue weighted by atomic mass is 35.5. The normalized spacial score (nSPS) is 16.2. The summed E-state index contributed by atoms with van der Waals surface area (Å²) < 4.78 is 0. The second-order valence-electron chi connectivity index (χ2n) is 8.33. The number of nitrogens with one attached hydrogen (secondary N) is 3. The fourth-order valence-corrected chi connectivity index (χ4v) is 4.86. The highest BCUT2D eigenvalue weighted by Crippen LogP contribution is 2.35. The van der Waals surface area contributed by atoms with Crippen LogP contribution in [0, 0.1) is 5.92 Å². The van der Waals surface area contributed by atoms with Gasteiger partial charge in [-0.15, -0.1) is 0 Å². The number of aromatic amines is 2. The molecule has 0 bridgehead atoms. The van der Waals surface area contributed by atoms with Crippen molar-refractivity contribution in [1.82, 2.24) is 15.0 Å². The Labute approximate surface area is 179 Å². The Balaban J connectivity index is 1.69. The number of hydrogen-bond donors (Lipinski definition) is 3. The van der Waals surface area contributed by atoms with Crippen LogP contribution in [0.1, 0.15) is 39.0 Å². The van der Waals surface area contributed by atoms with Gasteiger partial charge in [-0.2, -0.15) is 0 Å². The van der Waals surface area contributed by atoms with Gasteiger partial charge in [0.1, 0.15) is 11.4 Å². The number of hydrogen-bond acceptors (Lipinski definition) is 3. The minimum atomic E-state index is -0.165. The van der Waals surface area contributed by atoms with E-state index in [1.54, 1.807) is 6.07 Å². The predicted molar refractivity (Wildman–Crippen MR) is 124 cm³/mol. The molecule has 0 saturated heterocycles. The van der Waals surface area contributed by atoms with E-state index in [1.807, 2.05) is 36.4 Å². The molecular formula is C24H25ClN4O. The first kappa shape index (κ1) is 19.2. The summed E-state index contributed by atoms with van der Waals surface area (Å²) in [4.78, 5) is 24.2. The van der Waals surface area contributed by atoms with Crippen LogP contribution in [0.5, 0.6) is 0 Å². The van der Waals surface area contributed by atoms with Crippen molar-refractivity contribution < 1.29 is 0 Å². The molecule has 2 heterocycles. The largest absolute Gasteiger partial charge is 0.381 e. The van der Waals surface area contributed by atoms with Gasteiger partial charge in [0.05, 0.1) is 22.2 Å². The summed E-state index contributed by atoms with van der Waals surface area (Å²) in [6.45, 7) is 2.22. The highest BCUT2D eigenvalue weighted by Gasteiger charge is 2.24. The molecule has 0 aliphatic heterocycles. The van der Waals surface area contributed by atoms with Crippen molar-refractivity contribution in [2.24, 2.45) is 5.92 Å². The number of H-pyrrole nitrogens is 2. The zero-order chi connectivity index (χ0) is 20.7. The summed E-state index contributed by atoms with van der Waals surface area (Å²) in [5.41, 5.74) is 3.68. The van der Waals surface area contributed by atoms with E-state index in [1.165, 1.54) is 32.1 Å². The molecule has 1 aliphatic rings. The molecule has 5 rings (SSSR count). The molecule has 1 aliphatic carbocycles. The van der Waals surface area contributed by atoms with Gasteiger partial charge in [-0.25, -0.2) is 4.98 Å². The first-order valence-corrected chi connectivity index (χ1v) is 11.0. The van der Waals surface area contributed by atoms with E-state index in [4.69, 9.17) is 16.6 Å². The molecule has 0 spiro atoms. The lowest BCUT2D eigenvalue weighted by Gasteiger charge is -2.30. The summed E-state index contributed by atoms with van der Waals surface area (Å²) in [6.07, 6.45) is 6.30. The van der Waals surface area contributed by atoms with Crippen molar-refractivity contribution in [3.05, 3.63) is 57.8 Å². The Morgan fingerprint density at radius 3 is 2.67 bits per heavy atom. The predicted octanol–water partition coefficient (Wildman–Crippen LogP) is 6.11. The molecule has 0 radical (unpaired) electrons. The maximum Gasteiger partial charge on any atom is 0.261 e. The zero-order valence-corrected chi connectivity index (χ0v) is 17.7. The van der Waals surface area contributed by atoms with Crippen LogP contribution in [0.2, 0.25) is 5.02 Å². The van der Waals surface area contributed by atoms with E-state index in [-0.39, 0.29) is 11.6 Å². The first-order chi connectivity index (χ1) is 14.6. The number of imidazole rings is 1. The van der Waals surface area contributed by atoms with Crippen LogP contribution in [0.4, 0.5) is 5.69 Å². The van der Waals surface area contributed by atoms with Crippen molar-refractivity contribution in [1.29, 1.82) is 0 Å². The monoisotopic (exact) mass is 420 g/mol. The van der Waals surface area contributed by atoms with Crippen molar-refractivity contribution in [2.45, 2.75) is 45.1 Å². The minimum Gasteiger partial charge on any atom is -0.381 e. The summed E-state index contributed by atoms with van der Waals surface area (Å²) >= 11 is 6.34. The lowest BCUT2D eigenvalue weighted by molar-refractivity contribution is 0.328. The number of rotatable bonds is 4. The van der Waals surface area contributed by atoms with Gasteiger partial charge in [0, 0.05) is 16.5 Å². The number of halogens is 1. The molecule has 1 saturated carbocycles. The SMILES string of the molecule is C[C@H](Nc1c(-c2nc3ccccc3[nH]2)c(=O)[nH]c2ccc(Cl)cc12)C1CCCCC1. The second kappa shape index (κ2) is 7.80. The Morgan fingerprint density at radius 1 is 1.07 bits per heavy atom. The molecule has 30 heavy (non-hydrogen) atoms. The quantitative estimate of drug-likeness (QED) is 0.373. The van der Waals surface area contributed by atoms with Crippen LogP contribution in [0.15, 0.2) is 47.3 Å². The molecule has 154 valence electrons. The molecule has 3 N–H and O–H groups in total. The number of anilines is 1. The standard InChI is InChI=1S/C24H25ClN4O/c1-14(15-7-3-2-4-8-15)26-22-17-13-16(25)11-12-18(17)29-24(30)21(22)23-27-19-9-5-6-10-20(19)28-23/h5-6,9-15H,2-4,7-8H2,1H3,(H,27,28)(H2,26,29,30)/t14-/m0/s1. The molecule has 4 aromatic rings. The van der Waals surface area contributed by atoms with Gasteiger partial charge >= 0.3 is 0 Å². The lowest BCUT2D eigenvalue weighted by atomic mass is 9.84. The number of fused-ring (bicyclic) bond motifs is 2. The maximum absolute atomic E-state index is 13.2. The van der Waals surface area contributed by atoms with Crippen LogP contribution in [0.25, 0.3) is 33.3 Å². The molecular weight excluding hydrogens is 396 g/mol. The van der Waals surface area contributed by atoms with Gasteiger partial charge in [-0.05, 0) is 56.0 Å². The molecule has 1 atom stereocenters. The summed E-state index contributed by atoms with van der Waals surface area (Å²) in [7, 11) is 0. The van der Waals surface area contributed by atoms with Crippen LogP contribution >= 0.6 is 11.6 Å². The van der Waals surface area contributed by atoms with E-state index in [0.717, 1.165) is 27.6 Å². The molecule has 0 unspecified atom stereocenters. The number of aromatic nitrogens is 3. The maximum atomic E-state index is 13.2. The van der Waals surface area contributed by atoms with E-state index >= 15 is 0 Å². The van der Waals surface area contributed by atoms with Crippen LogP contribution < -0.4 is 10.9 Å². The molecule has 6 heteroatoms. The zero-order valence-electron chi connectivity index (χ0n) is 17.0. The number of para-hydroxylation sites is 2. The molecule has 2 aromatic heterocycles. The number of pyridine rings is 1. The Kier molecular flexibility index (Phi) is 4.99. The molecule has 2 aromatic carbocycles. The fourth-order valence-electron chi connectivity index (χ4n) is 4.69. The second-order valence-corrected chi connectivity index (χ2v) is 8.76. The molecule has 1 fully saturated rings. The average Bonchev–Trinajstić information content (AvgIpc) is 3.18. The van der Waals surface area contributed by atoms with Gasteiger partial charge in [-0.1, -0.05) is 43.0 Å². The summed E-state index contributed by atoms with van der Waals surface area (Å²) in [5, 5.41) is 5.24. The summed E-state index contributed by atoms with van der Waals surface area (Å²) in [5.74, 6) is 1.16. The van der Waals surface area contributed by atoms with Crippen LogP contribution in [-0.2, 0) is 0 Å². The highest BCUT2D eigenvalue weighted by molar-refractivity contribution is 6.31. The van der Waals surface area contributed by atoms with Gasteiger partial charge < -0.3 is 15.3 Å².